The van der Waals surface area contributed by atoms with Gasteiger partial charge >= 0.3 is 0 Å². The van der Waals surface area contributed by atoms with Crippen LogP contribution in [-0.4, -0.2) is 28.7 Å². The number of hydrogen-bond donors (Lipinski definition) is 1. The fourth-order valence-electron chi connectivity index (χ4n) is 2.88. The van der Waals surface area contributed by atoms with Gasteiger partial charge in [-0.15, -0.1) is 0 Å². The molecule has 132 valence electrons. The number of ether oxygens (including phenoxy) is 1. The summed E-state index contributed by atoms with van der Waals surface area (Å²) in [5, 5.41) is 0.384. The van der Waals surface area contributed by atoms with E-state index in [9.17, 15) is 0 Å². The normalized spacial score (nSPS) is 26.3. The molecule has 2 unspecified atom stereocenters. The fourth-order valence-corrected chi connectivity index (χ4v) is 3.06. The fraction of sp³-hybridized carbons (Fsp3) is 0.556. The van der Waals surface area contributed by atoms with Crippen molar-refractivity contribution in [1.82, 2.24) is 4.98 Å². The molecule has 4 nitrogen and oxygen atoms in total. The third-order valence-electron chi connectivity index (χ3n) is 3.90. The SMILES string of the molecule is CC1=NC(c2ccnc(Cl)c2)C=CC1(F)OC[C@@](C)(N)CC(C)C. The van der Waals surface area contributed by atoms with Crippen molar-refractivity contribution in [3.63, 3.8) is 0 Å². The predicted molar refractivity (Wildman–Crippen MR) is 96.1 cm³/mol. The van der Waals surface area contributed by atoms with Crippen LogP contribution in [0.2, 0.25) is 5.15 Å². The average Bonchev–Trinajstić information content (AvgIpc) is 2.47. The maximum absolute atomic E-state index is 15.1. The zero-order chi connectivity index (χ0) is 18.0. The predicted octanol–water partition coefficient (Wildman–Crippen LogP) is 4.25. The molecular weight excluding hydrogens is 329 g/mol. The van der Waals surface area contributed by atoms with Crippen molar-refractivity contribution in [2.75, 3.05) is 6.61 Å². The van der Waals surface area contributed by atoms with Crippen molar-refractivity contribution < 1.29 is 9.13 Å². The molecule has 6 heteroatoms. The van der Waals surface area contributed by atoms with Crippen molar-refractivity contribution in [2.45, 2.75) is 51.6 Å². The molecule has 0 saturated carbocycles. The van der Waals surface area contributed by atoms with Crippen LogP contribution in [0.1, 0.15) is 45.7 Å². The Balaban J connectivity index is 2.08. The van der Waals surface area contributed by atoms with Gasteiger partial charge in [0.15, 0.2) is 0 Å². The smallest absolute Gasteiger partial charge is 0.267 e. The highest BCUT2D eigenvalue weighted by molar-refractivity contribution is 6.29. The van der Waals surface area contributed by atoms with Crippen LogP contribution in [0.4, 0.5) is 4.39 Å². The third-order valence-corrected chi connectivity index (χ3v) is 4.10. The van der Waals surface area contributed by atoms with Crippen molar-refractivity contribution >= 4 is 17.3 Å². The summed E-state index contributed by atoms with van der Waals surface area (Å²) < 4.78 is 20.6. The summed E-state index contributed by atoms with van der Waals surface area (Å²) in [5.74, 6) is -1.61. The van der Waals surface area contributed by atoms with Gasteiger partial charge in [-0.3, -0.25) is 4.99 Å². The highest BCUT2D eigenvalue weighted by Gasteiger charge is 2.37. The second kappa shape index (κ2) is 7.30. The molecule has 2 heterocycles. The summed E-state index contributed by atoms with van der Waals surface area (Å²) in [6.07, 6.45) is 5.44. The maximum atomic E-state index is 15.1. The first-order valence-corrected chi connectivity index (χ1v) is 8.46. The van der Waals surface area contributed by atoms with Gasteiger partial charge in [0.2, 0.25) is 0 Å². The number of alkyl halides is 1. The minimum atomic E-state index is -2.02. The molecule has 0 aromatic carbocycles. The number of aliphatic imine (C=N–C) groups is 1. The lowest BCUT2D eigenvalue weighted by atomic mass is 9.92. The number of nitrogens with zero attached hydrogens (tertiary/aromatic N) is 2. The lowest BCUT2D eigenvalue weighted by molar-refractivity contribution is -0.0732. The van der Waals surface area contributed by atoms with E-state index < -0.39 is 11.4 Å². The van der Waals surface area contributed by atoms with E-state index in [1.165, 1.54) is 6.08 Å². The zero-order valence-corrected chi connectivity index (χ0v) is 15.3. The Morgan fingerprint density at radius 3 is 2.79 bits per heavy atom. The summed E-state index contributed by atoms with van der Waals surface area (Å²) in [4.78, 5) is 8.35. The average molecular weight is 354 g/mol. The summed E-state index contributed by atoms with van der Waals surface area (Å²) in [7, 11) is 0. The number of pyridine rings is 1. The molecule has 0 aliphatic carbocycles. The van der Waals surface area contributed by atoms with E-state index in [1.54, 1.807) is 25.3 Å². The van der Waals surface area contributed by atoms with E-state index >= 15 is 4.39 Å². The van der Waals surface area contributed by atoms with Gasteiger partial charge in [-0.1, -0.05) is 31.5 Å². The van der Waals surface area contributed by atoms with Gasteiger partial charge in [0, 0.05) is 11.7 Å². The number of hydrogen-bond acceptors (Lipinski definition) is 4. The molecular formula is C18H25ClFN3O. The molecule has 1 aromatic rings. The molecule has 2 rings (SSSR count). The number of halogens is 2. The van der Waals surface area contributed by atoms with Crippen LogP contribution in [0, 0.1) is 5.92 Å². The van der Waals surface area contributed by atoms with Crippen LogP contribution in [0.15, 0.2) is 35.5 Å². The molecule has 0 radical (unpaired) electrons. The minimum Gasteiger partial charge on any atom is -0.336 e. The second-order valence-corrected chi connectivity index (χ2v) is 7.50. The van der Waals surface area contributed by atoms with Gasteiger partial charge in [-0.05, 0) is 50.0 Å². The van der Waals surface area contributed by atoms with Gasteiger partial charge in [0.25, 0.3) is 5.85 Å². The van der Waals surface area contributed by atoms with Gasteiger partial charge in [0.05, 0.1) is 18.4 Å². The molecule has 0 bridgehead atoms. The standard InChI is InChI=1S/C18H25ClFN3O/c1-12(2)10-17(4,21)11-24-18(20)7-5-15(23-13(18)3)14-6-8-22-16(19)9-14/h5-9,12,15H,10-11,21H2,1-4H3/t15?,17-,18?/m0/s1. The van der Waals surface area contributed by atoms with Crippen molar-refractivity contribution in [1.29, 1.82) is 0 Å². The molecule has 0 spiro atoms. The highest BCUT2D eigenvalue weighted by atomic mass is 35.5. The molecule has 1 aromatic heterocycles. The van der Waals surface area contributed by atoms with Gasteiger partial charge in [0.1, 0.15) is 5.15 Å². The first kappa shape index (κ1) is 19.0. The molecule has 0 amide bonds. The monoisotopic (exact) mass is 353 g/mol. The van der Waals surface area contributed by atoms with Gasteiger partial charge in [-0.25, -0.2) is 9.37 Å². The van der Waals surface area contributed by atoms with Crippen molar-refractivity contribution in [2.24, 2.45) is 16.6 Å². The van der Waals surface area contributed by atoms with Crippen LogP contribution in [-0.2, 0) is 4.74 Å². The van der Waals surface area contributed by atoms with Crippen molar-refractivity contribution in [3.05, 3.63) is 41.2 Å². The third kappa shape index (κ3) is 4.85. The van der Waals surface area contributed by atoms with Crippen LogP contribution < -0.4 is 5.73 Å². The van der Waals surface area contributed by atoms with Crippen LogP contribution in [0.25, 0.3) is 0 Å². The van der Waals surface area contributed by atoms with Crippen LogP contribution in [0.3, 0.4) is 0 Å². The lowest BCUT2D eigenvalue weighted by Crippen LogP contribution is -2.47. The van der Waals surface area contributed by atoms with Gasteiger partial charge in [-0.2, -0.15) is 0 Å². The van der Waals surface area contributed by atoms with E-state index in [0.717, 1.165) is 12.0 Å². The largest absolute Gasteiger partial charge is 0.336 e. The topological polar surface area (TPSA) is 60.5 Å². The van der Waals surface area contributed by atoms with E-state index in [2.05, 4.69) is 23.8 Å². The Hall–Kier alpha value is -1.30. The molecule has 0 fully saturated rings. The quantitative estimate of drug-likeness (QED) is 0.614. The highest BCUT2D eigenvalue weighted by Crippen LogP contribution is 2.31. The van der Waals surface area contributed by atoms with Gasteiger partial charge < -0.3 is 10.5 Å². The van der Waals surface area contributed by atoms with E-state index in [1.807, 2.05) is 13.0 Å². The Kier molecular flexibility index (Phi) is 5.78. The minimum absolute atomic E-state index is 0.116. The summed E-state index contributed by atoms with van der Waals surface area (Å²) in [6.45, 7) is 7.76. The number of nitrogens with two attached hydrogens (primary N) is 1. The number of rotatable bonds is 6. The Bertz CT molecular complexity index is 645. The summed E-state index contributed by atoms with van der Waals surface area (Å²) >= 11 is 5.90. The molecule has 2 N–H and O–H groups in total. The molecule has 24 heavy (non-hydrogen) atoms. The lowest BCUT2D eigenvalue weighted by Gasteiger charge is -2.32. The van der Waals surface area contributed by atoms with E-state index in [0.29, 0.717) is 11.1 Å². The Labute approximate surface area is 148 Å². The zero-order valence-electron chi connectivity index (χ0n) is 14.6. The van der Waals surface area contributed by atoms with E-state index in [4.69, 9.17) is 22.1 Å². The molecule has 1 aliphatic heterocycles. The maximum Gasteiger partial charge on any atom is 0.267 e. The first-order valence-electron chi connectivity index (χ1n) is 8.09. The molecule has 3 atom stereocenters. The number of aromatic nitrogens is 1. The van der Waals surface area contributed by atoms with Crippen molar-refractivity contribution in [3.8, 4) is 0 Å². The van der Waals surface area contributed by atoms with E-state index in [-0.39, 0.29) is 18.4 Å². The summed E-state index contributed by atoms with van der Waals surface area (Å²) in [6, 6.07) is 3.24. The second-order valence-electron chi connectivity index (χ2n) is 7.12. The molecule has 1 aliphatic rings. The number of dihydropyridines is 1. The molecule has 0 saturated heterocycles. The summed E-state index contributed by atoms with van der Waals surface area (Å²) in [5.41, 5.74) is 6.73. The van der Waals surface area contributed by atoms with Crippen LogP contribution in [0.5, 0.6) is 0 Å². The first-order chi connectivity index (χ1) is 11.1. The van der Waals surface area contributed by atoms with Crippen LogP contribution >= 0.6 is 11.6 Å². The Morgan fingerprint density at radius 2 is 2.21 bits per heavy atom. The Morgan fingerprint density at radius 1 is 1.50 bits per heavy atom.